The lowest BCUT2D eigenvalue weighted by Gasteiger charge is -2.29. The Labute approximate surface area is 103 Å². The van der Waals surface area contributed by atoms with E-state index >= 15 is 0 Å². The number of likely N-dealkylation sites (N-methyl/N-ethyl adjacent to an activating group) is 1. The van der Waals surface area contributed by atoms with Crippen molar-refractivity contribution in [2.75, 3.05) is 33.2 Å². The Hall–Kier alpha value is -0.840. The SMILES string of the molecule is CN1CCCN(Cc2ccco2)C(CCN)C1. The van der Waals surface area contributed by atoms with E-state index in [1.165, 1.54) is 13.0 Å². The van der Waals surface area contributed by atoms with Crippen LogP contribution >= 0.6 is 0 Å². The minimum atomic E-state index is 0.553. The van der Waals surface area contributed by atoms with Gasteiger partial charge in [-0.15, -0.1) is 0 Å². The van der Waals surface area contributed by atoms with Crippen molar-refractivity contribution in [2.45, 2.75) is 25.4 Å². The van der Waals surface area contributed by atoms with Crippen LogP contribution in [0.3, 0.4) is 0 Å². The van der Waals surface area contributed by atoms with Gasteiger partial charge in [0.25, 0.3) is 0 Å². The summed E-state index contributed by atoms with van der Waals surface area (Å²) in [6.45, 7) is 5.09. The van der Waals surface area contributed by atoms with Crippen LogP contribution in [0.25, 0.3) is 0 Å². The average molecular weight is 237 g/mol. The minimum Gasteiger partial charge on any atom is -0.468 e. The standard InChI is InChI=1S/C13H23N3O/c1-15-7-3-8-16(12(10-15)5-6-14)11-13-4-2-9-17-13/h2,4,9,12H,3,5-8,10-11,14H2,1H3. The van der Waals surface area contributed by atoms with Crippen LogP contribution in [-0.2, 0) is 6.54 Å². The summed E-state index contributed by atoms with van der Waals surface area (Å²) in [6.07, 6.45) is 4.03. The monoisotopic (exact) mass is 237 g/mol. The number of hydrogen-bond donors (Lipinski definition) is 1. The molecule has 1 aromatic heterocycles. The van der Waals surface area contributed by atoms with Gasteiger partial charge in [-0.25, -0.2) is 0 Å². The van der Waals surface area contributed by atoms with Crippen LogP contribution < -0.4 is 5.73 Å². The fraction of sp³-hybridized carbons (Fsp3) is 0.692. The van der Waals surface area contributed by atoms with E-state index in [0.29, 0.717) is 6.04 Å². The van der Waals surface area contributed by atoms with Gasteiger partial charge in [-0.2, -0.15) is 0 Å². The van der Waals surface area contributed by atoms with Crippen molar-refractivity contribution in [3.63, 3.8) is 0 Å². The highest BCUT2D eigenvalue weighted by atomic mass is 16.3. The van der Waals surface area contributed by atoms with Crippen LogP contribution in [0.5, 0.6) is 0 Å². The molecule has 2 rings (SSSR count). The molecule has 1 atom stereocenters. The molecule has 17 heavy (non-hydrogen) atoms. The van der Waals surface area contributed by atoms with Gasteiger partial charge >= 0.3 is 0 Å². The Morgan fingerprint density at radius 1 is 1.47 bits per heavy atom. The topological polar surface area (TPSA) is 45.6 Å². The molecule has 1 unspecified atom stereocenters. The first-order chi connectivity index (χ1) is 8.29. The van der Waals surface area contributed by atoms with Crippen molar-refractivity contribution in [1.29, 1.82) is 0 Å². The van der Waals surface area contributed by atoms with Crippen LogP contribution in [0.1, 0.15) is 18.6 Å². The third-order valence-electron chi connectivity index (χ3n) is 3.46. The largest absolute Gasteiger partial charge is 0.468 e. The zero-order valence-corrected chi connectivity index (χ0v) is 10.6. The van der Waals surface area contributed by atoms with Gasteiger partial charge in [0.05, 0.1) is 12.8 Å². The van der Waals surface area contributed by atoms with Crippen molar-refractivity contribution in [3.8, 4) is 0 Å². The lowest BCUT2D eigenvalue weighted by molar-refractivity contribution is 0.162. The molecule has 4 heteroatoms. The third kappa shape index (κ3) is 3.56. The van der Waals surface area contributed by atoms with Crippen LogP contribution in [-0.4, -0.2) is 49.1 Å². The Balaban J connectivity index is 2.00. The van der Waals surface area contributed by atoms with Gasteiger partial charge in [0, 0.05) is 19.1 Å². The highest BCUT2D eigenvalue weighted by molar-refractivity contribution is 4.98. The third-order valence-corrected chi connectivity index (χ3v) is 3.46. The Bertz CT molecular complexity index is 312. The quantitative estimate of drug-likeness (QED) is 0.853. The highest BCUT2D eigenvalue weighted by Crippen LogP contribution is 2.15. The molecule has 0 amide bonds. The number of furan rings is 1. The zero-order valence-electron chi connectivity index (χ0n) is 10.6. The second-order valence-electron chi connectivity index (χ2n) is 4.90. The van der Waals surface area contributed by atoms with E-state index in [9.17, 15) is 0 Å². The molecule has 2 heterocycles. The summed E-state index contributed by atoms with van der Waals surface area (Å²) in [5.41, 5.74) is 5.72. The fourth-order valence-corrected chi connectivity index (χ4v) is 2.57. The van der Waals surface area contributed by atoms with E-state index in [-0.39, 0.29) is 0 Å². The van der Waals surface area contributed by atoms with Crippen molar-refractivity contribution < 1.29 is 4.42 Å². The molecule has 1 aliphatic rings. The van der Waals surface area contributed by atoms with Crippen molar-refractivity contribution in [2.24, 2.45) is 5.73 Å². The molecule has 1 aromatic rings. The highest BCUT2D eigenvalue weighted by Gasteiger charge is 2.23. The first-order valence-corrected chi connectivity index (χ1v) is 6.44. The van der Waals surface area contributed by atoms with Crippen LogP contribution in [0, 0.1) is 0 Å². The van der Waals surface area contributed by atoms with E-state index in [1.807, 2.05) is 12.1 Å². The van der Waals surface area contributed by atoms with Gasteiger partial charge < -0.3 is 15.1 Å². The van der Waals surface area contributed by atoms with Gasteiger partial charge in [-0.05, 0) is 45.1 Å². The van der Waals surface area contributed by atoms with Crippen molar-refractivity contribution >= 4 is 0 Å². The Kier molecular flexibility index (Phi) is 4.59. The molecule has 0 aromatic carbocycles. The van der Waals surface area contributed by atoms with Gasteiger partial charge in [-0.1, -0.05) is 0 Å². The number of hydrogen-bond acceptors (Lipinski definition) is 4. The molecule has 1 aliphatic heterocycles. The van der Waals surface area contributed by atoms with Gasteiger partial charge in [0.2, 0.25) is 0 Å². The molecule has 0 aliphatic carbocycles. The smallest absolute Gasteiger partial charge is 0.117 e. The van der Waals surface area contributed by atoms with E-state index in [0.717, 1.165) is 38.4 Å². The second-order valence-corrected chi connectivity index (χ2v) is 4.90. The first kappa shape index (κ1) is 12.6. The maximum absolute atomic E-state index is 5.72. The molecule has 0 saturated carbocycles. The maximum atomic E-state index is 5.72. The average Bonchev–Trinajstić information content (AvgIpc) is 2.74. The summed E-state index contributed by atoms with van der Waals surface area (Å²) >= 11 is 0. The normalized spacial score (nSPS) is 23.8. The second kappa shape index (κ2) is 6.19. The van der Waals surface area contributed by atoms with Crippen LogP contribution in [0.2, 0.25) is 0 Å². The Morgan fingerprint density at radius 2 is 2.35 bits per heavy atom. The van der Waals surface area contributed by atoms with E-state index in [4.69, 9.17) is 10.2 Å². The number of nitrogens with zero attached hydrogens (tertiary/aromatic N) is 2. The maximum Gasteiger partial charge on any atom is 0.117 e. The summed E-state index contributed by atoms with van der Waals surface area (Å²) in [5, 5.41) is 0. The molecule has 0 radical (unpaired) electrons. The van der Waals surface area contributed by atoms with E-state index in [2.05, 4.69) is 16.8 Å². The van der Waals surface area contributed by atoms with Gasteiger partial charge in [0.1, 0.15) is 5.76 Å². The lowest BCUT2D eigenvalue weighted by atomic mass is 10.1. The van der Waals surface area contributed by atoms with Crippen LogP contribution in [0.4, 0.5) is 0 Å². The van der Waals surface area contributed by atoms with Crippen molar-refractivity contribution in [1.82, 2.24) is 9.80 Å². The van der Waals surface area contributed by atoms with Gasteiger partial charge in [0.15, 0.2) is 0 Å². The predicted molar refractivity (Wildman–Crippen MR) is 68.7 cm³/mol. The van der Waals surface area contributed by atoms with E-state index < -0.39 is 0 Å². The van der Waals surface area contributed by atoms with Crippen molar-refractivity contribution in [3.05, 3.63) is 24.2 Å². The van der Waals surface area contributed by atoms with E-state index in [1.54, 1.807) is 6.26 Å². The number of nitrogens with two attached hydrogens (primary N) is 1. The summed E-state index contributed by atoms with van der Waals surface area (Å²) in [6, 6.07) is 4.56. The molecular weight excluding hydrogens is 214 g/mol. The molecular formula is C13H23N3O. The molecule has 0 bridgehead atoms. The lowest BCUT2D eigenvalue weighted by Crippen LogP contribution is -2.41. The summed E-state index contributed by atoms with van der Waals surface area (Å²) < 4.78 is 5.44. The summed E-state index contributed by atoms with van der Waals surface area (Å²) in [4.78, 5) is 4.91. The molecule has 1 saturated heterocycles. The summed E-state index contributed by atoms with van der Waals surface area (Å²) in [5.74, 6) is 1.05. The number of rotatable bonds is 4. The predicted octanol–water partition coefficient (Wildman–Crippen LogP) is 1.13. The summed E-state index contributed by atoms with van der Waals surface area (Å²) in [7, 11) is 2.19. The minimum absolute atomic E-state index is 0.553. The first-order valence-electron chi connectivity index (χ1n) is 6.44. The Morgan fingerprint density at radius 3 is 3.06 bits per heavy atom. The molecule has 4 nitrogen and oxygen atoms in total. The molecule has 96 valence electrons. The molecule has 2 N–H and O–H groups in total. The molecule has 0 spiro atoms. The van der Waals surface area contributed by atoms with Gasteiger partial charge in [-0.3, -0.25) is 4.90 Å². The van der Waals surface area contributed by atoms with Crippen LogP contribution in [0.15, 0.2) is 22.8 Å². The zero-order chi connectivity index (χ0) is 12.1. The molecule has 1 fully saturated rings. The fourth-order valence-electron chi connectivity index (χ4n) is 2.57.